The Balaban J connectivity index is 3.14. The molecule has 0 atom stereocenters. The highest BCUT2D eigenvalue weighted by molar-refractivity contribution is 6.00. The van der Waals surface area contributed by atoms with Crippen molar-refractivity contribution in [2.45, 2.75) is 20.0 Å². The molecule has 0 aliphatic heterocycles. The zero-order chi connectivity index (χ0) is 12.8. The van der Waals surface area contributed by atoms with Crippen molar-refractivity contribution in [3.05, 3.63) is 23.8 Å². The largest absolute Gasteiger partial charge is 0.493 e. The molecular formula is C13H19NO3. The lowest BCUT2D eigenvalue weighted by Crippen LogP contribution is -2.20. The van der Waals surface area contributed by atoms with Crippen LogP contribution in [0.4, 0.5) is 0 Å². The normalized spacial score (nSPS) is 10.4. The molecule has 1 rings (SSSR count). The first-order chi connectivity index (χ1) is 8.10. The summed E-state index contributed by atoms with van der Waals surface area (Å²) < 4.78 is 10.9. The van der Waals surface area contributed by atoms with Gasteiger partial charge in [0.1, 0.15) is 0 Å². The predicted molar refractivity (Wildman–Crippen MR) is 67.0 cm³/mol. The number of hydrogen-bond donors (Lipinski definition) is 1. The van der Waals surface area contributed by atoms with Crippen LogP contribution >= 0.6 is 0 Å². The molecule has 1 aromatic rings. The van der Waals surface area contributed by atoms with E-state index in [-0.39, 0.29) is 18.4 Å². The molecule has 0 unspecified atom stereocenters. The number of Topliss-reactive ketones (excluding diaryl/α,β-unsaturated/α-hetero) is 1. The number of ketones is 1. The van der Waals surface area contributed by atoms with Crippen LogP contribution in [0.5, 0.6) is 11.5 Å². The third-order valence-electron chi connectivity index (χ3n) is 2.19. The number of nitrogens with one attached hydrogen (secondary N) is 1. The molecule has 0 saturated heterocycles. The van der Waals surface area contributed by atoms with Gasteiger partial charge in [0.15, 0.2) is 17.3 Å². The highest BCUT2D eigenvalue weighted by atomic mass is 16.5. The molecule has 0 spiro atoms. The van der Waals surface area contributed by atoms with Crippen LogP contribution in [0.25, 0.3) is 0 Å². The lowest BCUT2D eigenvalue weighted by Gasteiger charge is -2.16. The third kappa shape index (κ3) is 3.46. The first kappa shape index (κ1) is 13.5. The van der Waals surface area contributed by atoms with Crippen molar-refractivity contribution in [3.63, 3.8) is 0 Å². The highest BCUT2D eigenvalue weighted by Gasteiger charge is 2.17. The van der Waals surface area contributed by atoms with Crippen molar-refractivity contribution in [2.75, 3.05) is 20.7 Å². The Morgan fingerprint density at radius 2 is 2.12 bits per heavy atom. The van der Waals surface area contributed by atoms with Crippen LogP contribution in [-0.2, 0) is 0 Å². The Morgan fingerprint density at radius 3 is 2.65 bits per heavy atom. The van der Waals surface area contributed by atoms with Crippen LogP contribution < -0.4 is 14.8 Å². The van der Waals surface area contributed by atoms with E-state index < -0.39 is 0 Å². The molecule has 0 amide bonds. The lowest BCUT2D eigenvalue weighted by molar-refractivity contribution is 0.0987. The Bertz CT molecular complexity index is 388. The molecule has 0 saturated carbocycles. The Kier molecular flexibility index (Phi) is 4.97. The summed E-state index contributed by atoms with van der Waals surface area (Å²) in [5.74, 6) is 1.09. The van der Waals surface area contributed by atoms with Gasteiger partial charge in [-0.15, -0.1) is 0 Å². The van der Waals surface area contributed by atoms with Gasteiger partial charge in [-0.25, -0.2) is 0 Å². The van der Waals surface area contributed by atoms with Crippen molar-refractivity contribution in [2.24, 2.45) is 0 Å². The van der Waals surface area contributed by atoms with Gasteiger partial charge in [-0.05, 0) is 33.0 Å². The topological polar surface area (TPSA) is 47.6 Å². The zero-order valence-electron chi connectivity index (χ0n) is 10.7. The standard InChI is InChI=1S/C13H19NO3/c1-9(2)17-13-10(11(15)8-14-3)6-5-7-12(13)16-4/h5-7,9,14H,8H2,1-4H3. The number of carbonyl (C=O) groups excluding carboxylic acids is 1. The van der Waals surface area contributed by atoms with E-state index >= 15 is 0 Å². The highest BCUT2D eigenvalue weighted by Crippen LogP contribution is 2.32. The van der Waals surface area contributed by atoms with Crippen molar-refractivity contribution in [1.29, 1.82) is 0 Å². The first-order valence-corrected chi connectivity index (χ1v) is 5.61. The number of hydrogen-bond acceptors (Lipinski definition) is 4. The summed E-state index contributed by atoms with van der Waals surface area (Å²) in [6.07, 6.45) is -0.00700. The summed E-state index contributed by atoms with van der Waals surface area (Å²) in [5, 5.41) is 2.84. The second kappa shape index (κ2) is 6.25. The van der Waals surface area contributed by atoms with Crippen molar-refractivity contribution in [1.82, 2.24) is 5.32 Å². The molecule has 0 fully saturated rings. The van der Waals surface area contributed by atoms with E-state index in [2.05, 4.69) is 5.32 Å². The molecule has 17 heavy (non-hydrogen) atoms. The van der Waals surface area contributed by atoms with Gasteiger partial charge in [0.25, 0.3) is 0 Å². The second-order valence-electron chi connectivity index (χ2n) is 3.96. The molecule has 0 bridgehead atoms. The van der Waals surface area contributed by atoms with Crippen LogP contribution in [0.15, 0.2) is 18.2 Å². The van der Waals surface area contributed by atoms with E-state index in [4.69, 9.17) is 9.47 Å². The number of ether oxygens (including phenoxy) is 2. The summed E-state index contributed by atoms with van der Waals surface area (Å²) in [4.78, 5) is 11.9. The fourth-order valence-corrected chi connectivity index (χ4v) is 1.51. The van der Waals surface area contributed by atoms with Gasteiger partial charge >= 0.3 is 0 Å². The summed E-state index contributed by atoms with van der Waals surface area (Å²) in [7, 11) is 3.30. The molecule has 0 aliphatic rings. The minimum absolute atomic E-state index is 0.00700. The van der Waals surface area contributed by atoms with Gasteiger partial charge < -0.3 is 14.8 Å². The van der Waals surface area contributed by atoms with Crippen LogP contribution in [0.1, 0.15) is 24.2 Å². The monoisotopic (exact) mass is 237 g/mol. The Labute approximate surface area is 102 Å². The lowest BCUT2D eigenvalue weighted by atomic mass is 10.1. The van der Waals surface area contributed by atoms with Crippen LogP contribution in [-0.4, -0.2) is 32.6 Å². The van der Waals surface area contributed by atoms with Gasteiger partial charge in [0, 0.05) is 0 Å². The molecule has 0 radical (unpaired) electrons. The first-order valence-electron chi connectivity index (χ1n) is 5.61. The van der Waals surface area contributed by atoms with Crippen LogP contribution in [0, 0.1) is 0 Å². The van der Waals surface area contributed by atoms with Gasteiger partial charge in [-0.1, -0.05) is 6.07 Å². The van der Waals surface area contributed by atoms with E-state index in [1.807, 2.05) is 13.8 Å². The Morgan fingerprint density at radius 1 is 1.41 bits per heavy atom. The fraction of sp³-hybridized carbons (Fsp3) is 0.462. The number of likely N-dealkylation sites (N-methyl/N-ethyl adjacent to an activating group) is 1. The molecule has 0 aromatic heterocycles. The molecule has 4 nitrogen and oxygen atoms in total. The van der Waals surface area contributed by atoms with E-state index in [0.29, 0.717) is 17.1 Å². The minimum Gasteiger partial charge on any atom is -0.493 e. The average molecular weight is 237 g/mol. The van der Waals surface area contributed by atoms with Crippen LogP contribution in [0.2, 0.25) is 0 Å². The van der Waals surface area contributed by atoms with E-state index in [0.717, 1.165) is 0 Å². The van der Waals surface area contributed by atoms with E-state index in [1.165, 1.54) is 0 Å². The summed E-state index contributed by atoms with van der Waals surface area (Å²) in [5.41, 5.74) is 0.549. The maximum atomic E-state index is 11.9. The number of methoxy groups -OCH3 is 1. The van der Waals surface area contributed by atoms with Gasteiger partial charge in [-0.2, -0.15) is 0 Å². The number of rotatable bonds is 6. The number of carbonyl (C=O) groups is 1. The molecular weight excluding hydrogens is 218 g/mol. The second-order valence-corrected chi connectivity index (χ2v) is 3.96. The van der Waals surface area contributed by atoms with Gasteiger partial charge in [-0.3, -0.25) is 4.79 Å². The molecule has 1 aromatic carbocycles. The van der Waals surface area contributed by atoms with Crippen molar-refractivity contribution < 1.29 is 14.3 Å². The predicted octanol–water partition coefficient (Wildman–Crippen LogP) is 1.88. The minimum atomic E-state index is -0.0120. The van der Waals surface area contributed by atoms with Crippen molar-refractivity contribution >= 4 is 5.78 Å². The maximum Gasteiger partial charge on any atom is 0.180 e. The average Bonchev–Trinajstić information content (AvgIpc) is 2.28. The quantitative estimate of drug-likeness (QED) is 0.767. The maximum absolute atomic E-state index is 11.9. The molecule has 1 N–H and O–H groups in total. The van der Waals surface area contributed by atoms with E-state index in [9.17, 15) is 4.79 Å². The van der Waals surface area contributed by atoms with Gasteiger partial charge in [0.2, 0.25) is 0 Å². The third-order valence-corrected chi connectivity index (χ3v) is 2.19. The molecule has 94 valence electrons. The SMILES string of the molecule is CNCC(=O)c1cccc(OC)c1OC(C)C. The van der Waals surface area contributed by atoms with Crippen LogP contribution in [0.3, 0.4) is 0 Å². The Hall–Kier alpha value is -1.55. The smallest absolute Gasteiger partial charge is 0.180 e. The fourth-order valence-electron chi connectivity index (χ4n) is 1.51. The molecule has 0 aliphatic carbocycles. The summed E-state index contributed by atoms with van der Waals surface area (Å²) in [6, 6.07) is 5.32. The zero-order valence-corrected chi connectivity index (χ0v) is 10.7. The van der Waals surface area contributed by atoms with Gasteiger partial charge in [0.05, 0.1) is 25.3 Å². The summed E-state index contributed by atoms with van der Waals surface area (Å²) >= 11 is 0. The number of para-hydroxylation sites is 1. The molecule has 4 heteroatoms. The van der Waals surface area contributed by atoms with Crippen molar-refractivity contribution in [3.8, 4) is 11.5 Å². The summed E-state index contributed by atoms with van der Waals surface area (Å²) in [6.45, 7) is 4.11. The molecule has 0 heterocycles. The van der Waals surface area contributed by atoms with E-state index in [1.54, 1.807) is 32.4 Å². The number of benzene rings is 1.